The molecular formula is C13H17N3. The molecule has 0 amide bonds. The molecule has 0 bridgehead atoms. The van der Waals surface area contributed by atoms with Gasteiger partial charge in [-0.15, -0.1) is 0 Å². The van der Waals surface area contributed by atoms with Crippen molar-refractivity contribution in [3.63, 3.8) is 0 Å². The van der Waals surface area contributed by atoms with Crippen LogP contribution in [-0.2, 0) is 0 Å². The van der Waals surface area contributed by atoms with Crippen molar-refractivity contribution in [2.45, 2.75) is 44.1 Å². The number of nitrogens with zero attached hydrogens (tertiary/aromatic N) is 2. The van der Waals surface area contributed by atoms with Gasteiger partial charge in [0, 0.05) is 18.2 Å². The van der Waals surface area contributed by atoms with E-state index in [-0.39, 0.29) is 0 Å². The summed E-state index contributed by atoms with van der Waals surface area (Å²) in [4.78, 5) is 8.91. The van der Waals surface area contributed by atoms with Gasteiger partial charge in [-0.2, -0.15) is 0 Å². The van der Waals surface area contributed by atoms with Crippen molar-refractivity contribution in [3.05, 3.63) is 30.2 Å². The lowest BCUT2D eigenvalue weighted by Gasteiger charge is -2.19. The third kappa shape index (κ3) is 2.23. The lowest BCUT2D eigenvalue weighted by atomic mass is 10.0. The summed E-state index contributed by atoms with van der Waals surface area (Å²) in [6, 6.07) is 2.52. The predicted octanol–water partition coefficient (Wildman–Crippen LogP) is 2.87. The van der Waals surface area contributed by atoms with E-state index >= 15 is 0 Å². The molecule has 84 valence electrons. The maximum Gasteiger partial charge on any atom is 0.133 e. The van der Waals surface area contributed by atoms with Crippen molar-refractivity contribution in [1.29, 1.82) is 0 Å². The summed E-state index contributed by atoms with van der Waals surface area (Å²) >= 11 is 0. The fourth-order valence-corrected chi connectivity index (χ4v) is 2.13. The van der Waals surface area contributed by atoms with Crippen molar-refractivity contribution >= 4 is 5.82 Å². The van der Waals surface area contributed by atoms with Crippen LogP contribution in [0.5, 0.6) is 0 Å². The van der Waals surface area contributed by atoms with Crippen LogP contribution in [-0.4, -0.2) is 16.0 Å². The van der Waals surface area contributed by atoms with Crippen molar-refractivity contribution in [2.75, 3.05) is 5.32 Å². The highest BCUT2D eigenvalue weighted by Crippen LogP contribution is 2.38. The Morgan fingerprint density at radius 1 is 1.19 bits per heavy atom. The van der Waals surface area contributed by atoms with Crippen molar-refractivity contribution in [3.8, 4) is 0 Å². The molecule has 1 N–H and O–H groups in total. The minimum absolute atomic E-state index is 0.548. The summed E-state index contributed by atoms with van der Waals surface area (Å²) in [5.74, 6) is 2.65. The summed E-state index contributed by atoms with van der Waals surface area (Å²) in [5.41, 5.74) is 0. The third-order valence-electron chi connectivity index (χ3n) is 3.24. The van der Waals surface area contributed by atoms with E-state index in [4.69, 9.17) is 0 Å². The van der Waals surface area contributed by atoms with E-state index in [0.717, 1.165) is 18.1 Å². The summed E-state index contributed by atoms with van der Waals surface area (Å²) in [5, 5.41) is 3.50. The summed E-state index contributed by atoms with van der Waals surface area (Å²) in [6.45, 7) is 0. The first-order chi connectivity index (χ1) is 7.92. The zero-order valence-electron chi connectivity index (χ0n) is 9.39. The molecule has 3 nitrogen and oxygen atoms in total. The molecule has 0 aliphatic heterocycles. The topological polar surface area (TPSA) is 37.8 Å². The van der Waals surface area contributed by atoms with Crippen LogP contribution in [0.1, 0.15) is 43.8 Å². The first kappa shape index (κ1) is 9.82. The number of hydrogen-bond acceptors (Lipinski definition) is 3. The van der Waals surface area contributed by atoms with Gasteiger partial charge in [-0.05, 0) is 38.2 Å². The minimum atomic E-state index is 0.548. The molecule has 1 unspecified atom stereocenters. The molecule has 0 radical (unpaired) electrons. The molecule has 1 heterocycles. The maximum absolute atomic E-state index is 4.58. The van der Waals surface area contributed by atoms with Crippen LogP contribution in [0.4, 0.5) is 5.82 Å². The van der Waals surface area contributed by atoms with Gasteiger partial charge in [-0.25, -0.2) is 9.97 Å². The SMILES string of the molecule is C1=CCC(Nc2ccnc(C3CC3)n2)CC1. The van der Waals surface area contributed by atoms with Gasteiger partial charge in [0.25, 0.3) is 0 Å². The molecule has 1 fully saturated rings. The summed E-state index contributed by atoms with van der Waals surface area (Å²) < 4.78 is 0. The second-order valence-corrected chi connectivity index (χ2v) is 4.70. The lowest BCUT2D eigenvalue weighted by molar-refractivity contribution is 0.641. The molecule has 1 aromatic heterocycles. The second-order valence-electron chi connectivity index (χ2n) is 4.70. The zero-order valence-corrected chi connectivity index (χ0v) is 9.39. The lowest BCUT2D eigenvalue weighted by Crippen LogP contribution is -2.21. The molecule has 1 aromatic rings. The number of rotatable bonds is 3. The van der Waals surface area contributed by atoms with Crippen molar-refractivity contribution in [2.24, 2.45) is 0 Å². The predicted molar refractivity (Wildman–Crippen MR) is 64.4 cm³/mol. The van der Waals surface area contributed by atoms with Crippen LogP contribution in [0.3, 0.4) is 0 Å². The van der Waals surface area contributed by atoms with Gasteiger partial charge in [-0.3, -0.25) is 0 Å². The van der Waals surface area contributed by atoms with Gasteiger partial charge in [-0.1, -0.05) is 12.2 Å². The Balaban J connectivity index is 1.68. The third-order valence-corrected chi connectivity index (χ3v) is 3.24. The smallest absolute Gasteiger partial charge is 0.133 e. The minimum Gasteiger partial charge on any atom is -0.367 e. The van der Waals surface area contributed by atoms with Crippen molar-refractivity contribution < 1.29 is 0 Å². The largest absolute Gasteiger partial charge is 0.367 e. The molecule has 2 aliphatic rings. The average molecular weight is 215 g/mol. The average Bonchev–Trinajstić information content (AvgIpc) is 3.15. The fourth-order valence-electron chi connectivity index (χ4n) is 2.13. The Bertz CT molecular complexity index is 396. The number of nitrogens with one attached hydrogen (secondary N) is 1. The van der Waals surface area contributed by atoms with Gasteiger partial charge in [0.2, 0.25) is 0 Å². The number of hydrogen-bond donors (Lipinski definition) is 1. The molecule has 16 heavy (non-hydrogen) atoms. The highest BCUT2D eigenvalue weighted by molar-refractivity contribution is 5.35. The standard InChI is InChI=1S/C13H17N3/c1-2-4-11(5-3-1)15-12-8-9-14-13(16-12)10-6-7-10/h1-2,8-11H,3-7H2,(H,14,15,16). The highest BCUT2D eigenvalue weighted by Gasteiger charge is 2.26. The second kappa shape index (κ2) is 4.24. The van der Waals surface area contributed by atoms with E-state index in [1.54, 1.807) is 0 Å². The Kier molecular flexibility index (Phi) is 2.60. The van der Waals surface area contributed by atoms with E-state index in [2.05, 4.69) is 27.4 Å². The number of allylic oxidation sites excluding steroid dienone is 1. The van der Waals surface area contributed by atoms with Gasteiger partial charge < -0.3 is 5.32 Å². The normalized spacial score (nSPS) is 24.4. The van der Waals surface area contributed by atoms with Gasteiger partial charge in [0.05, 0.1) is 0 Å². The number of anilines is 1. The quantitative estimate of drug-likeness (QED) is 0.788. The Hall–Kier alpha value is -1.38. The molecule has 0 aromatic carbocycles. The van der Waals surface area contributed by atoms with E-state index in [0.29, 0.717) is 12.0 Å². The van der Waals surface area contributed by atoms with E-state index in [1.807, 2.05) is 12.3 Å². The van der Waals surface area contributed by atoms with E-state index < -0.39 is 0 Å². The van der Waals surface area contributed by atoms with Gasteiger partial charge in [0.15, 0.2) is 0 Å². The zero-order chi connectivity index (χ0) is 10.8. The maximum atomic E-state index is 4.58. The Morgan fingerprint density at radius 2 is 2.12 bits per heavy atom. The monoisotopic (exact) mass is 215 g/mol. The Labute approximate surface area is 96.0 Å². The first-order valence-corrected chi connectivity index (χ1v) is 6.16. The Morgan fingerprint density at radius 3 is 2.88 bits per heavy atom. The molecule has 0 spiro atoms. The van der Waals surface area contributed by atoms with E-state index in [1.165, 1.54) is 25.7 Å². The molecule has 1 saturated carbocycles. The fraction of sp³-hybridized carbons (Fsp3) is 0.538. The molecule has 0 saturated heterocycles. The summed E-state index contributed by atoms with van der Waals surface area (Å²) in [6.07, 6.45) is 12.4. The molecule has 1 atom stereocenters. The molecule has 3 heteroatoms. The van der Waals surface area contributed by atoms with Crippen LogP contribution < -0.4 is 5.32 Å². The van der Waals surface area contributed by atoms with E-state index in [9.17, 15) is 0 Å². The number of aromatic nitrogens is 2. The van der Waals surface area contributed by atoms with Crippen LogP contribution in [0.2, 0.25) is 0 Å². The van der Waals surface area contributed by atoms with Gasteiger partial charge >= 0.3 is 0 Å². The summed E-state index contributed by atoms with van der Waals surface area (Å²) in [7, 11) is 0. The van der Waals surface area contributed by atoms with Crippen LogP contribution >= 0.6 is 0 Å². The van der Waals surface area contributed by atoms with Gasteiger partial charge in [0.1, 0.15) is 11.6 Å². The van der Waals surface area contributed by atoms with Crippen LogP contribution in [0, 0.1) is 0 Å². The van der Waals surface area contributed by atoms with Crippen LogP contribution in [0.25, 0.3) is 0 Å². The van der Waals surface area contributed by atoms with Crippen molar-refractivity contribution in [1.82, 2.24) is 9.97 Å². The molecule has 2 aliphatic carbocycles. The van der Waals surface area contributed by atoms with Crippen LogP contribution in [0.15, 0.2) is 24.4 Å². The highest BCUT2D eigenvalue weighted by atomic mass is 15.0. The molecular weight excluding hydrogens is 198 g/mol. The first-order valence-electron chi connectivity index (χ1n) is 6.16. The molecule has 3 rings (SSSR count).